The standard InChI is InChI=1S/C49H94O6/c1-6-7-8-27-34-39-47(50)53-42-46(55-49(52)41-36-31-26-22-18-14-10-12-16-20-24-29-33-38-45(4)5)43-54-48(51)40-35-30-25-21-17-13-9-11-15-19-23-28-32-37-44(2)3/h44-46H,6-43H2,1-5H3/t46-/m1/s1. The molecule has 0 aliphatic heterocycles. The van der Waals surface area contributed by atoms with Crippen LogP contribution >= 0.6 is 0 Å². The van der Waals surface area contributed by atoms with E-state index >= 15 is 0 Å². The van der Waals surface area contributed by atoms with Crippen molar-refractivity contribution in [2.75, 3.05) is 13.2 Å². The van der Waals surface area contributed by atoms with Crippen molar-refractivity contribution in [2.24, 2.45) is 11.8 Å². The van der Waals surface area contributed by atoms with Crippen LogP contribution < -0.4 is 0 Å². The van der Waals surface area contributed by atoms with E-state index in [9.17, 15) is 14.4 Å². The summed E-state index contributed by atoms with van der Waals surface area (Å²) in [7, 11) is 0. The maximum Gasteiger partial charge on any atom is 0.306 e. The first-order valence-corrected chi connectivity index (χ1v) is 24.2. The number of hydrogen-bond acceptors (Lipinski definition) is 6. The molecule has 0 unspecified atom stereocenters. The molecule has 0 rings (SSSR count). The molecule has 0 spiro atoms. The van der Waals surface area contributed by atoms with Crippen molar-refractivity contribution in [2.45, 2.75) is 272 Å². The topological polar surface area (TPSA) is 78.9 Å². The van der Waals surface area contributed by atoms with Crippen molar-refractivity contribution in [3.8, 4) is 0 Å². The predicted molar refractivity (Wildman–Crippen MR) is 233 cm³/mol. The molecule has 0 aromatic rings. The zero-order valence-corrected chi connectivity index (χ0v) is 37.6. The quantitative estimate of drug-likeness (QED) is 0.0348. The predicted octanol–water partition coefficient (Wildman–Crippen LogP) is 15.4. The van der Waals surface area contributed by atoms with Gasteiger partial charge in [0.25, 0.3) is 0 Å². The van der Waals surface area contributed by atoms with E-state index in [0.717, 1.165) is 76.0 Å². The van der Waals surface area contributed by atoms with Crippen LogP contribution in [-0.2, 0) is 28.6 Å². The van der Waals surface area contributed by atoms with E-state index in [1.807, 2.05) is 0 Å². The second kappa shape index (κ2) is 42.0. The summed E-state index contributed by atoms with van der Waals surface area (Å²) in [6, 6.07) is 0. The number of hydrogen-bond donors (Lipinski definition) is 0. The minimum Gasteiger partial charge on any atom is -0.462 e. The maximum atomic E-state index is 12.7. The highest BCUT2D eigenvalue weighted by Crippen LogP contribution is 2.17. The van der Waals surface area contributed by atoms with E-state index in [0.29, 0.717) is 19.3 Å². The van der Waals surface area contributed by atoms with Gasteiger partial charge in [0.05, 0.1) is 0 Å². The zero-order valence-electron chi connectivity index (χ0n) is 37.6. The lowest BCUT2D eigenvalue weighted by molar-refractivity contribution is -0.167. The molecule has 0 fully saturated rings. The second-order valence-corrected chi connectivity index (χ2v) is 17.7. The number of carbonyl (C=O) groups is 3. The molecule has 0 radical (unpaired) electrons. The van der Waals surface area contributed by atoms with E-state index < -0.39 is 6.10 Å². The molecule has 0 aromatic heterocycles. The normalized spacial score (nSPS) is 12.1. The summed E-state index contributed by atoms with van der Waals surface area (Å²) in [5, 5.41) is 0. The lowest BCUT2D eigenvalue weighted by Gasteiger charge is -2.18. The highest BCUT2D eigenvalue weighted by molar-refractivity contribution is 5.71. The van der Waals surface area contributed by atoms with Gasteiger partial charge in [-0.2, -0.15) is 0 Å². The molecule has 55 heavy (non-hydrogen) atoms. The zero-order chi connectivity index (χ0) is 40.5. The van der Waals surface area contributed by atoms with E-state index in [4.69, 9.17) is 14.2 Å². The summed E-state index contributed by atoms with van der Waals surface area (Å²) in [6.45, 7) is 11.3. The van der Waals surface area contributed by atoms with Crippen molar-refractivity contribution >= 4 is 17.9 Å². The first-order valence-electron chi connectivity index (χ1n) is 24.2. The molecule has 0 aromatic carbocycles. The van der Waals surface area contributed by atoms with Crippen LogP contribution in [-0.4, -0.2) is 37.2 Å². The fourth-order valence-corrected chi connectivity index (χ4v) is 7.28. The molecular formula is C49H94O6. The second-order valence-electron chi connectivity index (χ2n) is 17.7. The molecule has 0 heterocycles. The molecule has 0 amide bonds. The Morgan fingerprint density at radius 1 is 0.345 bits per heavy atom. The first-order chi connectivity index (χ1) is 26.7. The molecule has 0 saturated heterocycles. The van der Waals surface area contributed by atoms with Crippen LogP contribution in [0.2, 0.25) is 0 Å². The summed E-state index contributed by atoms with van der Waals surface area (Å²) in [4.78, 5) is 37.6. The molecule has 0 aliphatic rings. The van der Waals surface area contributed by atoms with Gasteiger partial charge < -0.3 is 14.2 Å². The summed E-state index contributed by atoms with van der Waals surface area (Å²) in [6.07, 6.45) is 41.2. The van der Waals surface area contributed by atoms with Crippen LogP contribution in [0.1, 0.15) is 266 Å². The van der Waals surface area contributed by atoms with Gasteiger partial charge in [0.2, 0.25) is 0 Å². The Balaban J connectivity index is 4.14. The fraction of sp³-hybridized carbons (Fsp3) is 0.939. The lowest BCUT2D eigenvalue weighted by atomic mass is 10.0. The van der Waals surface area contributed by atoms with Crippen LogP contribution in [0.5, 0.6) is 0 Å². The van der Waals surface area contributed by atoms with Gasteiger partial charge in [-0.25, -0.2) is 0 Å². The Morgan fingerprint density at radius 3 is 0.891 bits per heavy atom. The summed E-state index contributed by atoms with van der Waals surface area (Å²) >= 11 is 0. The molecule has 1 atom stereocenters. The molecule has 0 saturated carbocycles. The first kappa shape index (κ1) is 53.4. The summed E-state index contributed by atoms with van der Waals surface area (Å²) < 4.78 is 16.7. The third-order valence-corrected chi connectivity index (χ3v) is 11.0. The lowest BCUT2D eigenvalue weighted by Crippen LogP contribution is -2.30. The third kappa shape index (κ3) is 43.4. The van der Waals surface area contributed by atoms with E-state index in [2.05, 4.69) is 34.6 Å². The maximum absolute atomic E-state index is 12.7. The van der Waals surface area contributed by atoms with Gasteiger partial charge in [-0.3, -0.25) is 14.4 Å². The minimum absolute atomic E-state index is 0.0650. The number of esters is 3. The average molecular weight is 779 g/mol. The Hall–Kier alpha value is -1.59. The van der Waals surface area contributed by atoms with Crippen molar-refractivity contribution in [1.29, 1.82) is 0 Å². The Kier molecular flexibility index (Phi) is 40.8. The van der Waals surface area contributed by atoms with Gasteiger partial charge in [-0.15, -0.1) is 0 Å². The van der Waals surface area contributed by atoms with Gasteiger partial charge in [0.15, 0.2) is 6.10 Å². The van der Waals surface area contributed by atoms with Gasteiger partial charge in [-0.1, -0.05) is 227 Å². The van der Waals surface area contributed by atoms with Crippen molar-refractivity contribution in [3.05, 3.63) is 0 Å². The molecule has 0 N–H and O–H groups in total. The van der Waals surface area contributed by atoms with Crippen LogP contribution in [0.4, 0.5) is 0 Å². The van der Waals surface area contributed by atoms with E-state index in [1.54, 1.807) is 0 Å². The molecular weight excluding hydrogens is 685 g/mol. The number of rotatable bonds is 43. The molecule has 326 valence electrons. The van der Waals surface area contributed by atoms with E-state index in [1.165, 1.54) is 148 Å². The van der Waals surface area contributed by atoms with Crippen molar-refractivity contribution in [3.63, 3.8) is 0 Å². The largest absolute Gasteiger partial charge is 0.462 e. The number of carbonyl (C=O) groups excluding carboxylic acids is 3. The van der Waals surface area contributed by atoms with Crippen LogP contribution in [0.15, 0.2) is 0 Å². The molecule has 6 nitrogen and oxygen atoms in total. The average Bonchev–Trinajstić information content (AvgIpc) is 3.15. The molecule has 0 bridgehead atoms. The SMILES string of the molecule is CCCCCCCC(=O)OC[C@H](COC(=O)CCCCCCCCCCCCCCCC(C)C)OC(=O)CCCCCCCCCCCCCCCC(C)C. The van der Waals surface area contributed by atoms with Crippen LogP contribution in [0.25, 0.3) is 0 Å². The highest BCUT2D eigenvalue weighted by Gasteiger charge is 2.19. The third-order valence-electron chi connectivity index (χ3n) is 11.0. The fourth-order valence-electron chi connectivity index (χ4n) is 7.28. The van der Waals surface area contributed by atoms with Gasteiger partial charge in [0.1, 0.15) is 13.2 Å². The molecule has 6 heteroatoms. The Bertz CT molecular complexity index is 839. The monoisotopic (exact) mass is 779 g/mol. The number of ether oxygens (including phenoxy) is 3. The van der Waals surface area contributed by atoms with Crippen molar-refractivity contribution < 1.29 is 28.6 Å². The summed E-state index contributed by atoms with van der Waals surface area (Å²) in [5.74, 6) is 0.812. The summed E-state index contributed by atoms with van der Waals surface area (Å²) in [5.41, 5.74) is 0. The highest BCUT2D eigenvalue weighted by atomic mass is 16.6. The Labute approximate surface area is 342 Å². The van der Waals surface area contributed by atoms with Crippen LogP contribution in [0.3, 0.4) is 0 Å². The minimum atomic E-state index is -0.759. The van der Waals surface area contributed by atoms with Gasteiger partial charge in [0, 0.05) is 19.3 Å². The Morgan fingerprint density at radius 2 is 0.600 bits per heavy atom. The van der Waals surface area contributed by atoms with Crippen LogP contribution in [0, 0.1) is 11.8 Å². The van der Waals surface area contributed by atoms with Gasteiger partial charge >= 0.3 is 17.9 Å². The number of unbranched alkanes of at least 4 members (excludes halogenated alkanes) is 28. The van der Waals surface area contributed by atoms with Crippen molar-refractivity contribution in [1.82, 2.24) is 0 Å². The smallest absolute Gasteiger partial charge is 0.306 e. The van der Waals surface area contributed by atoms with E-state index in [-0.39, 0.29) is 31.1 Å². The van der Waals surface area contributed by atoms with Gasteiger partial charge in [-0.05, 0) is 31.1 Å². The molecule has 0 aliphatic carbocycles.